The number of hydrogen-bond donors (Lipinski definition) is 0. The van der Waals surface area contributed by atoms with Crippen molar-refractivity contribution in [2.45, 2.75) is 26.7 Å². The molecule has 3 aromatic rings. The minimum atomic E-state index is -0.780. The molecule has 2 aromatic carbocycles. The van der Waals surface area contributed by atoms with E-state index in [1.807, 2.05) is 13.8 Å². The first-order chi connectivity index (χ1) is 16.3. The molecular weight excluding hydrogens is 462 g/mol. The fourth-order valence-electron chi connectivity index (χ4n) is 3.90. The van der Waals surface area contributed by atoms with Crippen molar-refractivity contribution in [1.82, 2.24) is 9.88 Å². The van der Waals surface area contributed by atoms with E-state index in [0.29, 0.717) is 29.0 Å². The molecule has 1 saturated heterocycles. The molecule has 0 bridgehead atoms. The average Bonchev–Trinajstić information content (AvgIpc) is 3.39. The van der Waals surface area contributed by atoms with Crippen molar-refractivity contribution < 1.29 is 23.2 Å². The smallest absolute Gasteiger partial charge is 0.260 e. The Labute approximate surface area is 199 Å². The van der Waals surface area contributed by atoms with Gasteiger partial charge in [-0.15, -0.1) is 0 Å². The second kappa shape index (κ2) is 9.94. The number of anilines is 2. The van der Waals surface area contributed by atoms with Crippen LogP contribution in [0.1, 0.15) is 37.0 Å². The maximum Gasteiger partial charge on any atom is 0.260 e. The first kappa shape index (κ1) is 23.9. The number of aromatic nitrogens is 1. The molecule has 1 aliphatic heterocycles. The molecule has 0 unspecified atom stereocenters. The van der Waals surface area contributed by atoms with Crippen LogP contribution in [0, 0.1) is 11.6 Å². The Hall–Kier alpha value is -3.24. The van der Waals surface area contributed by atoms with Crippen LogP contribution in [0.3, 0.4) is 0 Å². The van der Waals surface area contributed by atoms with Crippen molar-refractivity contribution in [3.8, 4) is 0 Å². The maximum atomic E-state index is 14.3. The fourth-order valence-corrected chi connectivity index (χ4v) is 4.93. The Bertz CT molecular complexity index is 1220. The molecular formula is C24H24F2N4O3S. The third-order valence-corrected chi connectivity index (χ3v) is 6.86. The van der Waals surface area contributed by atoms with Crippen LogP contribution in [0.5, 0.6) is 0 Å². The molecule has 0 aliphatic carbocycles. The summed E-state index contributed by atoms with van der Waals surface area (Å²) in [6, 6.07) is 8.19. The summed E-state index contributed by atoms with van der Waals surface area (Å²) in [6.07, 6.45) is 0.348. The van der Waals surface area contributed by atoms with Crippen LogP contribution in [0.4, 0.5) is 19.6 Å². The first-order valence-corrected chi connectivity index (χ1v) is 11.9. The molecule has 2 heterocycles. The number of hydrogen-bond acceptors (Lipinski definition) is 6. The summed E-state index contributed by atoms with van der Waals surface area (Å²) in [5, 5.41) is 0.269. The summed E-state index contributed by atoms with van der Waals surface area (Å²) in [6.45, 7) is 6.50. The van der Waals surface area contributed by atoms with Crippen LogP contribution >= 0.6 is 11.3 Å². The van der Waals surface area contributed by atoms with Crippen molar-refractivity contribution in [2.75, 3.05) is 36.0 Å². The lowest BCUT2D eigenvalue weighted by atomic mass is 10.1. The number of benzene rings is 2. The Morgan fingerprint density at radius 3 is 2.29 bits per heavy atom. The van der Waals surface area contributed by atoms with E-state index in [1.165, 1.54) is 11.0 Å². The van der Waals surface area contributed by atoms with Gasteiger partial charge < -0.3 is 4.90 Å². The minimum Gasteiger partial charge on any atom is -0.302 e. The minimum absolute atomic E-state index is 0.0171. The number of carbonyl (C=O) groups is 3. The highest BCUT2D eigenvalue weighted by molar-refractivity contribution is 7.22. The summed E-state index contributed by atoms with van der Waals surface area (Å²) in [5.74, 6) is -2.39. The first-order valence-electron chi connectivity index (χ1n) is 11.1. The van der Waals surface area contributed by atoms with Crippen molar-refractivity contribution >= 4 is 50.1 Å². The lowest BCUT2D eigenvalue weighted by Gasteiger charge is -2.25. The van der Waals surface area contributed by atoms with Crippen LogP contribution in [-0.4, -0.2) is 53.8 Å². The second-order valence-corrected chi connectivity index (χ2v) is 8.89. The molecule has 0 saturated carbocycles. The highest BCUT2D eigenvalue weighted by atomic mass is 32.1. The van der Waals surface area contributed by atoms with Gasteiger partial charge in [0, 0.05) is 37.6 Å². The zero-order chi connectivity index (χ0) is 24.4. The molecule has 0 N–H and O–H groups in total. The number of halogens is 2. The molecule has 1 aliphatic rings. The third-order valence-electron chi connectivity index (χ3n) is 5.84. The van der Waals surface area contributed by atoms with Gasteiger partial charge in [0.15, 0.2) is 10.9 Å². The van der Waals surface area contributed by atoms with Crippen LogP contribution in [-0.2, 0) is 9.59 Å². The van der Waals surface area contributed by atoms with E-state index in [-0.39, 0.29) is 41.2 Å². The van der Waals surface area contributed by atoms with E-state index in [1.54, 1.807) is 24.3 Å². The zero-order valence-corrected chi connectivity index (χ0v) is 19.7. The lowest BCUT2D eigenvalue weighted by Crippen LogP contribution is -2.39. The molecule has 34 heavy (non-hydrogen) atoms. The quantitative estimate of drug-likeness (QED) is 0.446. The van der Waals surface area contributed by atoms with Gasteiger partial charge >= 0.3 is 0 Å². The molecule has 1 aromatic heterocycles. The zero-order valence-electron chi connectivity index (χ0n) is 18.9. The normalized spacial score (nSPS) is 14.0. The van der Waals surface area contributed by atoms with Crippen molar-refractivity contribution in [3.63, 3.8) is 0 Å². The predicted octanol–water partition coefficient (Wildman–Crippen LogP) is 4.22. The van der Waals surface area contributed by atoms with Crippen LogP contribution < -0.4 is 9.80 Å². The van der Waals surface area contributed by atoms with Gasteiger partial charge in [-0.25, -0.2) is 13.8 Å². The molecule has 0 radical (unpaired) electrons. The average molecular weight is 487 g/mol. The van der Waals surface area contributed by atoms with Gasteiger partial charge in [0.25, 0.3) is 5.91 Å². The number of fused-ring (bicyclic) bond motifs is 1. The Morgan fingerprint density at radius 2 is 1.68 bits per heavy atom. The third kappa shape index (κ3) is 4.69. The molecule has 3 amide bonds. The predicted molar refractivity (Wildman–Crippen MR) is 127 cm³/mol. The van der Waals surface area contributed by atoms with E-state index < -0.39 is 11.6 Å². The Kier molecular flexibility index (Phi) is 6.99. The van der Waals surface area contributed by atoms with Gasteiger partial charge in [0.1, 0.15) is 11.3 Å². The van der Waals surface area contributed by atoms with Gasteiger partial charge in [0.05, 0.1) is 10.4 Å². The molecule has 7 nitrogen and oxygen atoms in total. The van der Waals surface area contributed by atoms with Crippen LogP contribution in [0.25, 0.3) is 10.2 Å². The van der Waals surface area contributed by atoms with Crippen LogP contribution in [0.15, 0.2) is 36.4 Å². The van der Waals surface area contributed by atoms with E-state index in [2.05, 4.69) is 9.88 Å². The van der Waals surface area contributed by atoms with E-state index in [0.717, 1.165) is 35.4 Å². The van der Waals surface area contributed by atoms with Crippen molar-refractivity contribution in [2.24, 2.45) is 0 Å². The van der Waals surface area contributed by atoms with Gasteiger partial charge in [0.2, 0.25) is 11.8 Å². The number of rotatable bonds is 8. The molecule has 4 rings (SSSR count). The topological polar surface area (TPSA) is 73.8 Å². The summed E-state index contributed by atoms with van der Waals surface area (Å²) in [5.41, 5.74) is 0.757. The summed E-state index contributed by atoms with van der Waals surface area (Å²) >= 11 is 1.05. The van der Waals surface area contributed by atoms with Crippen LogP contribution in [0.2, 0.25) is 0 Å². The van der Waals surface area contributed by atoms with Gasteiger partial charge in [-0.2, -0.15) is 0 Å². The van der Waals surface area contributed by atoms with Crippen molar-refractivity contribution in [1.29, 1.82) is 0 Å². The monoisotopic (exact) mass is 486 g/mol. The summed E-state index contributed by atoms with van der Waals surface area (Å²) < 4.78 is 28.3. The van der Waals surface area contributed by atoms with Gasteiger partial charge in [-0.3, -0.25) is 24.2 Å². The lowest BCUT2D eigenvalue weighted by molar-refractivity contribution is -0.121. The van der Waals surface area contributed by atoms with Gasteiger partial charge in [-0.1, -0.05) is 25.2 Å². The highest BCUT2D eigenvalue weighted by Gasteiger charge is 2.30. The second-order valence-electron chi connectivity index (χ2n) is 7.88. The largest absolute Gasteiger partial charge is 0.302 e. The molecule has 0 atom stereocenters. The molecule has 1 fully saturated rings. The standard InChI is InChI=1S/C24H24F2N4O3S/c1-3-28(4-2)11-12-29(24-27-22-18(26)13-16(25)14-19(22)34-24)23(33)15-5-7-17(8-6-15)30-20(31)9-10-21(30)32/h5-8,13-14H,3-4,9-12H2,1-2H3. The number of imide groups is 1. The van der Waals surface area contributed by atoms with E-state index in [4.69, 9.17) is 0 Å². The molecule has 178 valence electrons. The fraction of sp³-hybridized carbons (Fsp3) is 0.333. The number of carbonyl (C=O) groups excluding carboxylic acids is 3. The van der Waals surface area contributed by atoms with E-state index >= 15 is 0 Å². The Morgan fingerprint density at radius 1 is 1.03 bits per heavy atom. The summed E-state index contributed by atoms with van der Waals surface area (Å²) in [7, 11) is 0. The SMILES string of the molecule is CCN(CC)CCN(C(=O)c1ccc(N2C(=O)CCC2=O)cc1)c1nc2c(F)cc(F)cc2s1. The maximum absolute atomic E-state index is 14.3. The Balaban J connectivity index is 1.66. The van der Waals surface area contributed by atoms with Gasteiger partial charge in [-0.05, 0) is 43.4 Å². The van der Waals surface area contributed by atoms with Crippen molar-refractivity contribution in [3.05, 3.63) is 53.6 Å². The molecule has 10 heteroatoms. The number of amides is 3. The van der Waals surface area contributed by atoms with E-state index in [9.17, 15) is 23.2 Å². The summed E-state index contributed by atoms with van der Waals surface area (Å²) in [4.78, 5) is 46.5. The number of likely N-dealkylation sites (N-methyl/N-ethyl adjacent to an activating group) is 1. The number of nitrogens with zero attached hydrogens (tertiary/aromatic N) is 4. The number of thiazole rings is 1. The highest BCUT2D eigenvalue weighted by Crippen LogP contribution is 2.32. The molecule has 0 spiro atoms.